The number of aryl methyl sites for hydroxylation is 1. The molecule has 0 amide bonds. The second-order valence-electron chi connectivity index (χ2n) is 5.51. The first-order chi connectivity index (χ1) is 9.00. The highest BCUT2D eigenvalue weighted by Crippen LogP contribution is 2.28. The molecule has 1 heterocycles. The monoisotopic (exact) mass is 278 g/mol. The van der Waals surface area contributed by atoms with Crippen LogP contribution in [0.2, 0.25) is 0 Å². The Kier molecular flexibility index (Phi) is 4.34. The maximum atomic E-state index is 5.85. The van der Waals surface area contributed by atoms with Gasteiger partial charge >= 0.3 is 0 Å². The fourth-order valence-electron chi connectivity index (χ4n) is 2.72. The van der Waals surface area contributed by atoms with Gasteiger partial charge in [-0.1, -0.05) is 32.0 Å². The highest BCUT2D eigenvalue weighted by atomic mass is 32.1. The first-order valence-corrected chi connectivity index (χ1v) is 7.31. The van der Waals surface area contributed by atoms with E-state index >= 15 is 0 Å². The van der Waals surface area contributed by atoms with Crippen molar-refractivity contribution in [2.24, 2.45) is 11.7 Å². The first-order valence-electron chi connectivity index (χ1n) is 6.91. The van der Waals surface area contributed by atoms with Crippen molar-refractivity contribution < 1.29 is 0 Å². The summed E-state index contributed by atoms with van der Waals surface area (Å²) < 4.78 is 0. The van der Waals surface area contributed by atoms with Gasteiger partial charge < -0.3 is 11.1 Å². The van der Waals surface area contributed by atoms with E-state index in [1.807, 2.05) is 13.8 Å². The van der Waals surface area contributed by atoms with Gasteiger partial charge in [0.2, 0.25) is 0 Å². The van der Waals surface area contributed by atoms with E-state index in [4.69, 9.17) is 18.0 Å². The van der Waals surface area contributed by atoms with E-state index in [1.54, 1.807) is 0 Å². The molecule has 0 aliphatic heterocycles. The van der Waals surface area contributed by atoms with Crippen LogP contribution >= 0.6 is 12.2 Å². The van der Waals surface area contributed by atoms with Crippen LogP contribution in [-0.4, -0.2) is 21.2 Å². The average Bonchev–Trinajstić information content (AvgIpc) is 2.36. The Hall–Kier alpha value is -1.23. The Labute approximate surface area is 120 Å². The van der Waals surface area contributed by atoms with E-state index < -0.39 is 0 Å². The summed E-state index contributed by atoms with van der Waals surface area (Å²) in [5.74, 6) is 1.39. The van der Waals surface area contributed by atoms with Gasteiger partial charge in [0.05, 0.1) is 11.3 Å². The smallest absolute Gasteiger partial charge is 0.159 e. The largest absolute Gasteiger partial charge is 0.389 e. The van der Waals surface area contributed by atoms with Gasteiger partial charge in [0.1, 0.15) is 4.99 Å². The molecule has 0 bridgehead atoms. The van der Waals surface area contributed by atoms with Crippen molar-refractivity contribution >= 4 is 23.0 Å². The lowest BCUT2D eigenvalue weighted by atomic mass is 9.86. The Morgan fingerprint density at radius 1 is 1.26 bits per heavy atom. The van der Waals surface area contributed by atoms with Crippen LogP contribution in [0.5, 0.6) is 0 Å². The van der Waals surface area contributed by atoms with Gasteiger partial charge in [-0.3, -0.25) is 0 Å². The molecule has 1 aliphatic rings. The molecule has 2 rings (SSSR count). The molecule has 0 aromatic carbocycles. The lowest BCUT2D eigenvalue weighted by Crippen LogP contribution is -2.32. The zero-order valence-corrected chi connectivity index (χ0v) is 12.7. The van der Waals surface area contributed by atoms with Gasteiger partial charge in [-0.05, 0) is 38.2 Å². The molecule has 2 atom stereocenters. The van der Waals surface area contributed by atoms with Gasteiger partial charge in [-0.25, -0.2) is 0 Å². The molecule has 0 radical (unpaired) electrons. The minimum absolute atomic E-state index is 0.390. The predicted octanol–water partition coefficient (Wildman–Crippen LogP) is 2.72. The Morgan fingerprint density at radius 3 is 2.58 bits per heavy atom. The Bertz CT molecular complexity index is 487. The van der Waals surface area contributed by atoms with Crippen molar-refractivity contribution in [3.8, 4) is 0 Å². The third-order valence-electron chi connectivity index (χ3n) is 4.13. The molecule has 1 fully saturated rings. The minimum atomic E-state index is 0.390. The van der Waals surface area contributed by atoms with Crippen molar-refractivity contribution in [2.45, 2.75) is 52.5 Å². The average molecular weight is 278 g/mol. The van der Waals surface area contributed by atoms with Crippen LogP contribution < -0.4 is 11.1 Å². The third-order valence-corrected chi connectivity index (χ3v) is 4.34. The second kappa shape index (κ2) is 5.82. The van der Waals surface area contributed by atoms with Crippen molar-refractivity contribution in [1.29, 1.82) is 0 Å². The zero-order valence-electron chi connectivity index (χ0n) is 11.9. The normalized spacial score (nSPS) is 23.1. The lowest BCUT2D eigenvalue weighted by Gasteiger charge is -2.30. The van der Waals surface area contributed by atoms with Crippen molar-refractivity contribution in [3.05, 3.63) is 16.8 Å². The van der Waals surface area contributed by atoms with E-state index in [0.717, 1.165) is 22.6 Å². The second-order valence-corrected chi connectivity index (χ2v) is 5.95. The molecule has 1 aliphatic carbocycles. The van der Waals surface area contributed by atoms with Gasteiger partial charge in [-0.15, -0.1) is 5.10 Å². The number of nitrogens with one attached hydrogen (secondary N) is 1. The lowest BCUT2D eigenvalue weighted by molar-refractivity contribution is 0.348. The molecular weight excluding hydrogens is 256 g/mol. The highest BCUT2D eigenvalue weighted by Gasteiger charge is 2.23. The molecule has 5 heteroatoms. The molecule has 3 N–H and O–H groups in total. The number of thiocarbonyl (C=S) groups is 1. The number of anilines is 1. The van der Waals surface area contributed by atoms with Crippen molar-refractivity contribution in [2.75, 3.05) is 5.32 Å². The summed E-state index contributed by atoms with van der Waals surface area (Å²) in [5, 5.41) is 12.0. The summed E-state index contributed by atoms with van der Waals surface area (Å²) in [4.78, 5) is 0.390. The van der Waals surface area contributed by atoms with E-state index in [1.165, 1.54) is 25.7 Å². The summed E-state index contributed by atoms with van der Waals surface area (Å²) >= 11 is 5.16. The molecule has 0 saturated heterocycles. The summed E-state index contributed by atoms with van der Waals surface area (Å²) in [5.41, 5.74) is 8.60. The van der Waals surface area contributed by atoms with Crippen molar-refractivity contribution in [1.82, 2.24) is 10.2 Å². The van der Waals surface area contributed by atoms with Crippen LogP contribution in [0.15, 0.2) is 0 Å². The molecule has 2 unspecified atom stereocenters. The van der Waals surface area contributed by atoms with E-state index in [-0.39, 0.29) is 0 Å². The third kappa shape index (κ3) is 3.03. The van der Waals surface area contributed by atoms with Crippen LogP contribution in [0.4, 0.5) is 5.82 Å². The molecule has 19 heavy (non-hydrogen) atoms. The van der Waals surface area contributed by atoms with Gasteiger partial charge in [0, 0.05) is 6.04 Å². The molecule has 0 spiro atoms. The summed E-state index contributed by atoms with van der Waals surface area (Å²) in [7, 11) is 0. The predicted molar refractivity (Wildman–Crippen MR) is 82.4 cm³/mol. The topological polar surface area (TPSA) is 63.8 Å². The first kappa shape index (κ1) is 14.2. The minimum Gasteiger partial charge on any atom is -0.389 e. The van der Waals surface area contributed by atoms with Crippen LogP contribution in [0.3, 0.4) is 0 Å². The fraction of sp³-hybridized carbons (Fsp3) is 0.643. The SMILES string of the molecule is Cc1nnc(NC2CCCCC2C)c(C(N)=S)c1C. The standard InChI is InChI=1S/C14H22N4S/c1-8-6-4-5-7-11(8)16-14-12(13(15)19)9(2)10(3)17-18-14/h8,11H,4-7H2,1-3H3,(H2,15,19)(H,16,18). The number of hydrogen-bond acceptors (Lipinski definition) is 4. The van der Waals surface area contributed by atoms with Gasteiger partial charge in [-0.2, -0.15) is 5.10 Å². The van der Waals surface area contributed by atoms with E-state index in [0.29, 0.717) is 16.9 Å². The quantitative estimate of drug-likeness (QED) is 0.832. The number of nitrogens with zero attached hydrogens (tertiary/aromatic N) is 2. The van der Waals surface area contributed by atoms with Crippen LogP contribution in [0.25, 0.3) is 0 Å². The maximum absolute atomic E-state index is 5.85. The molecule has 4 nitrogen and oxygen atoms in total. The summed E-state index contributed by atoms with van der Waals surface area (Å²) in [6, 6.07) is 0.443. The van der Waals surface area contributed by atoms with E-state index in [9.17, 15) is 0 Å². The van der Waals surface area contributed by atoms with E-state index in [2.05, 4.69) is 22.4 Å². The molecular formula is C14H22N4S. The van der Waals surface area contributed by atoms with Gasteiger partial charge in [0.15, 0.2) is 5.82 Å². The number of rotatable bonds is 3. The van der Waals surface area contributed by atoms with Crippen molar-refractivity contribution in [3.63, 3.8) is 0 Å². The summed E-state index contributed by atoms with van der Waals surface area (Å²) in [6.45, 7) is 6.21. The van der Waals surface area contributed by atoms with Crippen LogP contribution in [0, 0.1) is 19.8 Å². The Balaban J connectivity index is 2.29. The highest BCUT2D eigenvalue weighted by molar-refractivity contribution is 7.80. The molecule has 1 saturated carbocycles. The number of hydrogen-bond donors (Lipinski definition) is 2. The van der Waals surface area contributed by atoms with Gasteiger partial charge in [0.25, 0.3) is 0 Å². The number of aromatic nitrogens is 2. The summed E-state index contributed by atoms with van der Waals surface area (Å²) in [6.07, 6.45) is 5.02. The number of nitrogens with two attached hydrogens (primary N) is 1. The molecule has 1 aromatic heterocycles. The van der Waals surface area contributed by atoms with Crippen LogP contribution in [-0.2, 0) is 0 Å². The Morgan fingerprint density at radius 2 is 1.95 bits per heavy atom. The fourth-order valence-corrected chi connectivity index (χ4v) is 2.97. The zero-order chi connectivity index (χ0) is 14.0. The molecule has 104 valence electrons. The van der Waals surface area contributed by atoms with Crippen LogP contribution in [0.1, 0.15) is 49.4 Å². The maximum Gasteiger partial charge on any atom is 0.159 e. The molecule has 1 aromatic rings.